The number of esters is 1. The Labute approximate surface area is 119 Å². The van der Waals surface area contributed by atoms with Gasteiger partial charge < -0.3 is 4.74 Å². The molecule has 2 heteroatoms. The van der Waals surface area contributed by atoms with Crippen LogP contribution in [0.15, 0.2) is 12.2 Å². The molecule has 0 saturated carbocycles. The van der Waals surface area contributed by atoms with E-state index in [-0.39, 0.29) is 5.97 Å². The van der Waals surface area contributed by atoms with Crippen LogP contribution < -0.4 is 0 Å². The lowest BCUT2D eigenvalue weighted by atomic mass is 10.1. The molecule has 0 fully saturated rings. The smallest absolute Gasteiger partial charge is 0.302 e. The van der Waals surface area contributed by atoms with Crippen molar-refractivity contribution in [3.63, 3.8) is 0 Å². The van der Waals surface area contributed by atoms with E-state index in [2.05, 4.69) is 26.0 Å². The summed E-state index contributed by atoms with van der Waals surface area (Å²) in [5, 5.41) is 0. The second-order valence-electron chi connectivity index (χ2n) is 5.63. The summed E-state index contributed by atoms with van der Waals surface area (Å²) in [6.45, 7) is 6.50. The first kappa shape index (κ1) is 18.2. The van der Waals surface area contributed by atoms with Crippen LogP contribution in [0.2, 0.25) is 0 Å². The van der Waals surface area contributed by atoms with Gasteiger partial charge in [0, 0.05) is 6.92 Å². The highest BCUT2D eigenvalue weighted by Gasteiger charge is 1.94. The lowest BCUT2D eigenvalue weighted by molar-refractivity contribution is -0.141. The molecule has 0 amide bonds. The number of unbranched alkanes of at least 4 members (excludes halogenated alkanes) is 8. The van der Waals surface area contributed by atoms with Crippen molar-refractivity contribution in [1.82, 2.24) is 0 Å². The highest BCUT2D eigenvalue weighted by atomic mass is 16.5. The van der Waals surface area contributed by atoms with Crippen LogP contribution in [-0.4, -0.2) is 12.6 Å². The summed E-state index contributed by atoms with van der Waals surface area (Å²) < 4.78 is 4.90. The molecule has 19 heavy (non-hydrogen) atoms. The maximum atomic E-state index is 10.5. The molecule has 0 bridgehead atoms. The zero-order valence-corrected chi connectivity index (χ0v) is 13.1. The van der Waals surface area contributed by atoms with E-state index < -0.39 is 0 Å². The third-order valence-electron chi connectivity index (χ3n) is 3.09. The van der Waals surface area contributed by atoms with Crippen LogP contribution in [0.3, 0.4) is 0 Å². The molecule has 0 aromatic heterocycles. The minimum absolute atomic E-state index is 0.161. The van der Waals surface area contributed by atoms with E-state index in [1.54, 1.807) is 0 Å². The number of hydrogen-bond acceptors (Lipinski definition) is 2. The summed E-state index contributed by atoms with van der Waals surface area (Å²) in [5.74, 6) is 0.526. The van der Waals surface area contributed by atoms with Gasteiger partial charge >= 0.3 is 5.97 Å². The second kappa shape index (κ2) is 13.6. The Balaban J connectivity index is 3.05. The van der Waals surface area contributed by atoms with Crippen LogP contribution in [0, 0.1) is 5.92 Å². The van der Waals surface area contributed by atoms with E-state index in [1.165, 1.54) is 58.3 Å². The number of rotatable bonds is 12. The minimum Gasteiger partial charge on any atom is -0.466 e. The predicted molar refractivity (Wildman–Crippen MR) is 82.2 cm³/mol. The van der Waals surface area contributed by atoms with Gasteiger partial charge in [-0.2, -0.15) is 0 Å². The standard InChI is InChI=1S/C17H32O2/c1-16(2)14-12-10-8-6-4-5-7-9-11-13-15-19-17(3)18/h12,14,16H,4-11,13,15H2,1-3H3/b14-12-. The van der Waals surface area contributed by atoms with Gasteiger partial charge in [-0.25, -0.2) is 0 Å². The molecule has 0 spiro atoms. The van der Waals surface area contributed by atoms with Gasteiger partial charge in [0.2, 0.25) is 0 Å². The average Bonchev–Trinajstić information content (AvgIpc) is 2.34. The van der Waals surface area contributed by atoms with Crippen LogP contribution in [0.1, 0.15) is 78.6 Å². The van der Waals surface area contributed by atoms with Crippen molar-refractivity contribution in [2.75, 3.05) is 6.61 Å². The molecule has 0 saturated heterocycles. The SMILES string of the molecule is CC(=O)OCCCCCCCCCC/C=C\C(C)C. The van der Waals surface area contributed by atoms with Crippen molar-refractivity contribution in [1.29, 1.82) is 0 Å². The molecule has 0 unspecified atom stereocenters. The molecular weight excluding hydrogens is 236 g/mol. The van der Waals surface area contributed by atoms with Gasteiger partial charge in [-0.1, -0.05) is 64.5 Å². The molecular formula is C17H32O2. The topological polar surface area (TPSA) is 26.3 Å². The third-order valence-corrected chi connectivity index (χ3v) is 3.09. The van der Waals surface area contributed by atoms with E-state index in [9.17, 15) is 4.79 Å². The quantitative estimate of drug-likeness (QED) is 0.274. The summed E-state index contributed by atoms with van der Waals surface area (Å²) in [6.07, 6.45) is 16.0. The van der Waals surface area contributed by atoms with E-state index in [0.29, 0.717) is 12.5 Å². The van der Waals surface area contributed by atoms with Crippen molar-refractivity contribution in [2.24, 2.45) is 5.92 Å². The monoisotopic (exact) mass is 268 g/mol. The Hall–Kier alpha value is -0.790. The highest BCUT2D eigenvalue weighted by Crippen LogP contribution is 2.10. The van der Waals surface area contributed by atoms with Gasteiger partial charge in [-0.15, -0.1) is 0 Å². The van der Waals surface area contributed by atoms with Crippen molar-refractivity contribution in [2.45, 2.75) is 78.6 Å². The number of allylic oxidation sites excluding steroid dienone is 2. The molecule has 0 N–H and O–H groups in total. The first-order valence-electron chi connectivity index (χ1n) is 7.93. The van der Waals surface area contributed by atoms with E-state index in [0.717, 1.165) is 6.42 Å². The van der Waals surface area contributed by atoms with Crippen molar-refractivity contribution in [3.05, 3.63) is 12.2 Å². The molecule has 0 heterocycles. The fourth-order valence-electron chi connectivity index (χ4n) is 2.01. The Morgan fingerprint density at radius 1 is 0.947 bits per heavy atom. The van der Waals surface area contributed by atoms with Crippen molar-refractivity contribution >= 4 is 5.97 Å². The highest BCUT2D eigenvalue weighted by molar-refractivity contribution is 5.65. The molecule has 0 aromatic carbocycles. The van der Waals surface area contributed by atoms with Gasteiger partial charge in [0.05, 0.1) is 6.61 Å². The Kier molecular flexibility index (Phi) is 13.1. The van der Waals surface area contributed by atoms with E-state index in [1.807, 2.05) is 0 Å². The van der Waals surface area contributed by atoms with E-state index in [4.69, 9.17) is 4.74 Å². The summed E-state index contributed by atoms with van der Waals surface area (Å²) in [5.41, 5.74) is 0. The fraction of sp³-hybridized carbons (Fsp3) is 0.824. The van der Waals surface area contributed by atoms with Crippen LogP contribution >= 0.6 is 0 Å². The number of carbonyl (C=O) groups is 1. The number of hydrogen-bond donors (Lipinski definition) is 0. The zero-order chi connectivity index (χ0) is 14.3. The van der Waals surface area contributed by atoms with Gasteiger partial charge in [-0.05, 0) is 25.2 Å². The van der Waals surface area contributed by atoms with Crippen molar-refractivity contribution in [3.8, 4) is 0 Å². The summed E-state index contributed by atoms with van der Waals surface area (Å²) in [6, 6.07) is 0. The Morgan fingerprint density at radius 3 is 2.00 bits per heavy atom. The minimum atomic E-state index is -0.161. The Morgan fingerprint density at radius 2 is 1.47 bits per heavy atom. The predicted octanol–water partition coefficient (Wildman–Crippen LogP) is 5.27. The molecule has 0 aliphatic carbocycles. The molecule has 0 aliphatic rings. The summed E-state index contributed by atoms with van der Waals surface area (Å²) in [4.78, 5) is 10.5. The van der Waals surface area contributed by atoms with Crippen molar-refractivity contribution < 1.29 is 9.53 Å². The number of carbonyl (C=O) groups excluding carboxylic acids is 1. The first-order chi connectivity index (χ1) is 9.13. The fourth-order valence-corrected chi connectivity index (χ4v) is 2.01. The molecule has 112 valence electrons. The lowest BCUT2D eigenvalue weighted by Crippen LogP contribution is -2.00. The molecule has 0 aliphatic heterocycles. The number of ether oxygens (including phenoxy) is 1. The third kappa shape index (κ3) is 17.2. The molecule has 0 radical (unpaired) electrons. The molecule has 0 rings (SSSR count). The van der Waals surface area contributed by atoms with E-state index >= 15 is 0 Å². The molecule has 0 aromatic rings. The lowest BCUT2D eigenvalue weighted by Gasteiger charge is -2.02. The largest absolute Gasteiger partial charge is 0.466 e. The molecule has 2 nitrogen and oxygen atoms in total. The Bertz CT molecular complexity index is 231. The van der Waals surface area contributed by atoms with Crippen LogP contribution in [-0.2, 0) is 9.53 Å². The van der Waals surface area contributed by atoms with Gasteiger partial charge in [0.1, 0.15) is 0 Å². The maximum Gasteiger partial charge on any atom is 0.302 e. The molecule has 0 atom stereocenters. The van der Waals surface area contributed by atoms with Gasteiger partial charge in [0.25, 0.3) is 0 Å². The first-order valence-corrected chi connectivity index (χ1v) is 7.93. The van der Waals surface area contributed by atoms with Gasteiger partial charge in [-0.3, -0.25) is 4.79 Å². The maximum absolute atomic E-state index is 10.5. The summed E-state index contributed by atoms with van der Waals surface area (Å²) in [7, 11) is 0. The average molecular weight is 268 g/mol. The normalized spacial score (nSPS) is 11.4. The second-order valence-corrected chi connectivity index (χ2v) is 5.63. The van der Waals surface area contributed by atoms with Crippen LogP contribution in [0.25, 0.3) is 0 Å². The van der Waals surface area contributed by atoms with Crippen LogP contribution in [0.4, 0.5) is 0 Å². The van der Waals surface area contributed by atoms with Crippen LogP contribution in [0.5, 0.6) is 0 Å². The zero-order valence-electron chi connectivity index (χ0n) is 13.1. The summed E-state index contributed by atoms with van der Waals surface area (Å²) >= 11 is 0. The van der Waals surface area contributed by atoms with Gasteiger partial charge in [0.15, 0.2) is 0 Å².